The molecule has 8 heteroatoms. The van der Waals surface area contributed by atoms with Crippen LogP contribution in [-0.2, 0) is 17.8 Å². The maximum atomic E-state index is 13.5. The lowest BCUT2D eigenvalue weighted by atomic mass is 10.1. The van der Waals surface area contributed by atoms with Crippen molar-refractivity contribution in [2.45, 2.75) is 13.0 Å². The minimum absolute atomic E-state index is 0.334. The average Bonchev–Trinajstić information content (AvgIpc) is 3.33. The van der Waals surface area contributed by atoms with Crippen LogP contribution in [0.2, 0.25) is 0 Å². The molecule has 1 N–H and O–H groups in total. The SMILES string of the molecule is O=CN(Cc1cccnc1)c1ccc(-c2cccs2)nc1NCCc1cc(F)cc(F)c1. The maximum absolute atomic E-state index is 13.5. The molecule has 0 spiro atoms. The zero-order chi connectivity index (χ0) is 22.3. The molecule has 0 saturated carbocycles. The van der Waals surface area contributed by atoms with Crippen molar-refractivity contribution in [3.63, 3.8) is 0 Å². The monoisotopic (exact) mass is 450 g/mol. The Morgan fingerprint density at radius 3 is 2.56 bits per heavy atom. The summed E-state index contributed by atoms with van der Waals surface area (Å²) >= 11 is 1.57. The Morgan fingerprint density at radius 2 is 1.88 bits per heavy atom. The third-order valence-corrected chi connectivity index (χ3v) is 5.68. The van der Waals surface area contributed by atoms with Crippen LogP contribution in [-0.4, -0.2) is 22.9 Å². The zero-order valence-electron chi connectivity index (χ0n) is 17.0. The fraction of sp³-hybridized carbons (Fsp3) is 0.125. The fourth-order valence-corrected chi connectivity index (χ4v) is 4.02. The second-order valence-electron chi connectivity index (χ2n) is 7.09. The number of thiophene rings is 1. The van der Waals surface area contributed by atoms with Crippen LogP contribution in [0.3, 0.4) is 0 Å². The summed E-state index contributed by atoms with van der Waals surface area (Å²) in [6.07, 6.45) is 4.52. The van der Waals surface area contributed by atoms with E-state index in [0.717, 1.165) is 28.6 Å². The molecule has 5 nitrogen and oxygen atoms in total. The lowest BCUT2D eigenvalue weighted by Gasteiger charge is -2.21. The molecule has 0 saturated heterocycles. The normalized spacial score (nSPS) is 10.7. The summed E-state index contributed by atoms with van der Waals surface area (Å²) < 4.78 is 27.0. The van der Waals surface area contributed by atoms with Crippen molar-refractivity contribution < 1.29 is 13.6 Å². The van der Waals surface area contributed by atoms with Gasteiger partial charge in [0.2, 0.25) is 6.41 Å². The molecule has 4 rings (SSSR count). The van der Waals surface area contributed by atoms with Gasteiger partial charge in [0.15, 0.2) is 5.82 Å². The van der Waals surface area contributed by atoms with E-state index in [-0.39, 0.29) is 0 Å². The molecule has 0 aliphatic rings. The largest absolute Gasteiger partial charge is 0.368 e. The Labute approximate surface area is 188 Å². The van der Waals surface area contributed by atoms with Gasteiger partial charge in [0.1, 0.15) is 11.6 Å². The molecular formula is C24H20F2N4OS. The number of hydrogen-bond acceptors (Lipinski definition) is 5. The van der Waals surface area contributed by atoms with E-state index in [1.54, 1.807) is 28.6 Å². The molecule has 0 aliphatic carbocycles. The zero-order valence-corrected chi connectivity index (χ0v) is 17.9. The second kappa shape index (κ2) is 10.1. The second-order valence-corrected chi connectivity index (χ2v) is 8.04. The van der Waals surface area contributed by atoms with Gasteiger partial charge in [0.25, 0.3) is 0 Å². The number of pyridine rings is 2. The lowest BCUT2D eigenvalue weighted by molar-refractivity contribution is -0.107. The van der Waals surface area contributed by atoms with Crippen LogP contribution in [0.25, 0.3) is 10.6 Å². The van der Waals surface area contributed by atoms with E-state index in [0.29, 0.717) is 36.6 Å². The molecular weight excluding hydrogens is 430 g/mol. The lowest BCUT2D eigenvalue weighted by Crippen LogP contribution is -2.23. The number of halogens is 2. The van der Waals surface area contributed by atoms with Crippen molar-refractivity contribution >= 4 is 29.3 Å². The number of nitrogens with zero attached hydrogens (tertiary/aromatic N) is 3. The van der Waals surface area contributed by atoms with Gasteiger partial charge in [0.05, 0.1) is 22.8 Å². The standard InChI is InChI=1S/C24H20F2N4OS/c25-19-11-17(12-20(26)13-19)7-9-28-24-22(6-5-21(29-24)23-4-2-10-32-23)30(16-31)15-18-3-1-8-27-14-18/h1-6,8,10-14,16H,7,9,15H2,(H,28,29). The van der Waals surface area contributed by atoms with Crippen molar-refractivity contribution in [1.82, 2.24) is 9.97 Å². The Balaban J connectivity index is 1.59. The third kappa shape index (κ3) is 5.33. The van der Waals surface area contributed by atoms with Crippen molar-refractivity contribution in [2.24, 2.45) is 0 Å². The van der Waals surface area contributed by atoms with Crippen molar-refractivity contribution in [2.75, 3.05) is 16.8 Å². The number of nitrogens with one attached hydrogen (secondary N) is 1. The van der Waals surface area contributed by atoms with Gasteiger partial charge in [0, 0.05) is 25.0 Å². The van der Waals surface area contributed by atoms with Crippen LogP contribution < -0.4 is 10.2 Å². The van der Waals surface area contributed by atoms with E-state index in [9.17, 15) is 13.6 Å². The Hall–Kier alpha value is -3.65. The number of carbonyl (C=O) groups excluding carboxylic acids is 1. The van der Waals surface area contributed by atoms with Crippen LogP contribution in [0.5, 0.6) is 0 Å². The third-order valence-electron chi connectivity index (χ3n) is 4.79. The van der Waals surface area contributed by atoms with E-state index in [1.807, 2.05) is 41.8 Å². The van der Waals surface area contributed by atoms with E-state index in [2.05, 4.69) is 10.3 Å². The highest BCUT2D eigenvalue weighted by Crippen LogP contribution is 2.30. The molecule has 0 bridgehead atoms. The van der Waals surface area contributed by atoms with Crippen LogP contribution in [0.4, 0.5) is 20.3 Å². The van der Waals surface area contributed by atoms with Crippen molar-refractivity contribution in [1.29, 1.82) is 0 Å². The minimum atomic E-state index is -0.609. The molecule has 4 aromatic rings. The quantitative estimate of drug-likeness (QED) is 0.352. The first-order valence-corrected chi connectivity index (χ1v) is 10.8. The van der Waals surface area contributed by atoms with Gasteiger partial charge in [-0.1, -0.05) is 12.1 Å². The van der Waals surface area contributed by atoms with Crippen LogP contribution in [0.15, 0.2) is 72.4 Å². The molecule has 0 atom stereocenters. The van der Waals surface area contributed by atoms with Gasteiger partial charge in [-0.2, -0.15) is 0 Å². The maximum Gasteiger partial charge on any atom is 0.214 e. The number of carbonyl (C=O) groups is 1. The number of rotatable bonds is 9. The number of benzene rings is 1. The highest BCUT2D eigenvalue weighted by Gasteiger charge is 2.15. The van der Waals surface area contributed by atoms with E-state index < -0.39 is 11.6 Å². The average molecular weight is 451 g/mol. The molecule has 162 valence electrons. The summed E-state index contributed by atoms with van der Waals surface area (Å²) in [7, 11) is 0. The minimum Gasteiger partial charge on any atom is -0.368 e. The predicted octanol–water partition coefficient (Wildman–Crippen LogP) is 5.30. The van der Waals surface area contributed by atoms with Gasteiger partial charge in [-0.15, -0.1) is 11.3 Å². The first-order chi connectivity index (χ1) is 15.6. The predicted molar refractivity (Wildman–Crippen MR) is 123 cm³/mol. The van der Waals surface area contributed by atoms with Crippen LogP contribution in [0.1, 0.15) is 11.1 Å². The summed E-state index contributed by atoms with van der Waals surface area (Å²) in [6.45, 7) is 0.720. The van der Waals surface area contributed by atoms with Gasteiger partial charge in [-0.3, -0.25) is 9.78 Å². The van der Waals surface area contributed by atoms with E-state index in [1.165, 1.54) is 12.1 Å². The molecule has 1 amide bonds. The number of hydrogen-bond donors (Lipinski definition) is 1. The van der Waals surface area contributed by atoms with Gasteiger partial charge < -0.3 is 10.2 Å². The Kier molecular flexibility index (Phi) is 6.81. The summed E-state index contributed by atoms with van der Waals surface area (Å²) in [5, 5.41) is 5.20. The molecule has 3 aromatic heterocycles. The van der Waals surface area contributed by atoms with Crippen LogP contribution >= 0.6 is 11.3 Å². The fourth-order valence-electron chi connectivity index (χ4n) is 3.32. The van der Waals surface area contributed by atoms with Gasteiger partial charge in [-0.25, -0.2) is 13.8 Å². The van der Waals surface area contributed by atoms with Gasteiger partial charge in [-0.05, 0) is 59.3 Å². The molecule has 0 radical (unpaired) electrons. The highest BCUT2D eigenvalue weighted by molar-refractivity contribution is 7.13. The summed E-state index contributed by atoms with van der Waals surface area (Å²) in [6, 6.07) is 14.8. The van der Waals surface area contributed by atoms with Gasteiger partial charge >= 0.3 is 0 Å². The van der Waals surface area contributed by atoms with E-state index in [4.69, 9.17) is 4.98 Å². The first-order valence-electron chi connectivity index (χ1n) is 9.97. The first kappa shape index (κ1) is 21.6. The summed E-state index contributed by atoms with van der Waals surface area (Å²) in [5.74, 6) is -0.701. The number of anilines is 2. The number of amides is 1. The highest BCUT2D eigenvalue weighted by atomic mass is 32.1. The Bertz CT molecular complexity index is 1170. The molecule has 0 unspecified atom stereocenters. The molecule has 32 heavy (non-hydrogen) atoms. The smallest absolute Gasteiger partial charge is 0.214 e. The molecule has 0 fully saturated rings. The van der Waals surface area contributed by atoms with Crippen LogP contribution in [0, 0.1) is 11.6 Å². The summed E-state index contributed by atoms with van der Waals surface area (Å²) in [4.78, 5) is 23.3. The Morgan fingerprint density at radius 1 is 1.03 bits per heavy atom. The molecule has 3 heterocycles. The molecule has 0 aliphatic heterocycles. The van der Waals surface area contributed by atoms with Crippen molar-refractivity contribution in [3.05, 3.63) is 95.1 Å². The number of aromatic nitrogens is 2. The van der Waals surface area contributed by atoms with Crippen molar-refractivity contribution in [3.8, 4) is 10.6 Å². The molecule has 1 aromatic carbocycles. The van der Waals surface area contributed by atoms with E-state index >= 15 is 0 Å². The summed E-state index contributed by atoms with van der Waals surface area (Å²) in [5.41, 5.74) is 2.79. The topological polar surface area (TPSA) is 58.1 Å².